The minimum Gasteiger partial charge on any atom is -1.00 e. The van der Waals surface area contributed by atoms with Gasteiger partial charge in [0.15, 0.2) is 0 Å². The maximum atomic E-state index is 2.38. The molecule has 54 heavy (non-hydrogen) atoms. The van der Waals surface area contributed by atoms with Crippen LogP contribution in [0.15, 0.2) is 0 Å². The highest BCUT2D eigenvalue weighted by molar-refractivity contribution is 7.79. The molecular formula is C50H106Br2P2. The van der Waals surface area contributed by atoms with Crippen molar-refractivity contribution in [1.82, 2.24) is 0 Å². The summed E-state index contributed by atoms with van der Waals surface area (Å²) < 4.78 is 0. The highest BCUT2D eigenvalue weighted by atomic mass is 79.9. The Morgan fingerprint density at radius 2 is 0.296 bits per heavy atom. The fourth-order valence-corrected chi connectivity index (χ4v) is 20.6. The number of unbranched alkanes of at least 4 members (excludes halogenated alkanes) is 30. The molecule has 0 saturated carbocycles. The van der Waals surface area contributed by atoms with Crippen LogP contribution in [-0.4, -0.2) is 49.3 Å². The van der Waals surface area contributed by atoms with Gasteiger partial charge in [-0.3, -0.25) is 0 Å². The van der Waals surface area contributed by atoms with Crippen LogP contribution in [0, 0.1) is 0 Å². The van der Waals surface area contributed by atoms with E-state index in [0.717, 1.165) is 0 Å². The van der Waals surface area contributed by atoms with Crippen molar-refractivity contribution in [2.45, 2.75) is 273 Å². The van der Waals surface area contributed by atoms with Crippen LogP contribution in [0.2, 0.25) is 0 Å². The first-order valence-electron chi connectivity index (χ1n) is 25.3. The van der Waals surface area contributed by atoms with Crippen molar-refractivity contribution in [3.05, 3.63) is 0 Å². The van der Waals surface area contributed by atoms with Gasteiger partial charge >= 0.3 is 0 Å². The Morgan fingerprint density at radius 3 is 0.444 bits per heavy atom. The van der Waals surface area contributed by atoms with Crippen molar-refractivity contribution in [1.29, 1.82) is 0 Å². The van der Waals surface area contributed by atoms with Gasteiger partial charge in [-0.25, -0.2) is 0 Å². The van der Waals surface area contributed by atoms with Crippen LogP contribution < -0.4 is 34.0 Å². The number of hydrogen-bond donors (Lipinski definition) is 0. The van der Waals surface area contributed by atoms with Gasteiger partial charge in [0.1, 0.15) is 0 Å². The Bertz CT molecular complexity index is 533. The molecule has 0 aliphatic heterocycles. The van der Waals surface area contributed by atoms with Crippen molar-refractivity contribution in [3.63, 3.8) is 0 Å². The summed E-state index contributed by atoms with van der Waals surface area (Å²) in [5.74, 6) is 0. The third-order valence-corrected chi connectivity index (χ3v) is 23.3. The molecule has 0 heterocycles. The molecule has 0 aromatic rings. The standard InChI is InChI=1S/C50H106P2.2BrH/c1-7-13-19-25-31-37-43-51(44-38-32-26-20-14-8-2,45-39-33-27-21-15-9-3)49-50-52(46-40-34-28-22-16-10-4,47-41-35-29-23-17-11-5)48-42-36-30-24-18-12-6;;/h7-50H2,1-6H3;2*1H/q+2;;/p-2. The van der Waals surface area contributed by atoms with Gasteiger partial charge in [0.2, 0.25) is 0 Å². The summed E-state index contributed by atoms with van der Waals surface area (Å²) >= 11 is 0. The molecule has 0 bridgehead atoms. The third kappa shape index (κ3) is 38.0. The van der Waals surface area contributed by atoms with Gasteiger partial charge < -0.3 is 34.0 Å². The molecule has 0 atom stereocenters. The predicted octanol–water partition coefficient (Wildman–Crippen LogP) is 13.2. The highest BCUT2D eigenvalue weighted by Gasteiger charge is 2.43. The molecule has 0 nitrogen and oxygen atoms in total. The van der Waals surface area contributed by atoms with E-state index in [1.165, 1.54) is 193 Å². The van der Waals surface area contributed by atoms with E-state index in [4.69, 9.17) is 0 Å². The molecular weight excluding hydrogens is 822 g/mol. The molecule has 4 heteroatoms. The lowest BCUT2D eigenvalue weighted by molar-refractivity contribution is -0.001000. The fourth-order valence-electron chi connectivity index (χ4n) is 9.13. The Kier molecular flexibility index (Phi) is 52.9. The molecule has 0 aromatic heterocycles. The SMILES string of the molecule is CCCCCCCC[P+](CCCCCCCC)(CCCCCCCC)CC[P+](CCCCCCCC)(CCCCCCCC)CCCCCCCC.[Br-].[Br-]. The van der Waals surface area contributed by atoms with E-state index in [-0.39, 0.29) is 34.0 Å². The van der Waals surface area contributed by atoms with Gasteiger partial charge in [-0.15, -0.1) is 0 Å². The second-order valence-electron chi connectivity index (χ2n) is 18.1. The maximum Gasteiger partial charge on any atom is 0.0929 e. The van der Waals surface area contributed by atoms with Crippen LogP contribution in [0.25, 0.3) is 0 Å². The van der Waals surface area contributed by atoms with Gasteiger partial charge in [-0.1, -0.05) is 196 Å². The van der Waals surface area contributed by atoms with Crippen LogP contribution in [-0.2, 0) is 0 Å². The van der Waals surface area contributed by atoms with Crippen molar-refractivity contribution in [3.8, 4) is 0 Å². The van der Waals surface area contributed by atoms with E-state index < -0.39 is 14.5 Å². The summed E-state index contributed by atoms with van der Waals surface area (Å²) in [7, 11) is -1.79. The largest absolute Gasteiger partial charge is 1.00 e. The normalized spacial score (nSPS) is 11.9. The van der Waals surface area contributed by atoms with E-state index >= 15 is 0 Å². The van der Waals surface area contributed by atoms with Crippen molar-refractivity contribution in [2.24, 2.45) is 0 Å². The zero-order valence-corrected chi connectivity index (χ0v) is 43.7. The molecule has 0 aliphatic rings. The zero-order valence-electron chi connectivity index (χ0n) is 38.8. The van der Waals surface area contributed by atoms with E-state index in [1.54, 1.807) is 87.8 Å². The van der Waals surface area contributed by atoms with Crippen LogP contribution >= 0.6 is 14.5 Å². The Balaban J connectivity index is -0.0000130. The second kappa shape index (κ2) is 47.5. The molecule has 0 radical (unpaired) electrons. The summed E-state index contributed by atoms with van der Waals surface area (Å²) in [4.78, 5) is 0. The van der Waals surface area contributed by atoms with Gasteiger partial charge in [0.05, 0.1) is 49.3 Å². The number of halogens is 2. The lowest BCUT2D eigenvalue weighted by atomic mass is 10.1. The Morgan fingerprint density at radius 1 is 0.167 bits per heavy atom. The third-order valence-electron chi connectivity index (χ3n) is 13.0. The van der Waals surface area contributed by atoms with E-state index in [9.17, 15) is 0 Å². The number of rotatable bonds is 45. The summed E-state index contributed by atoms with van der Waals surface area (Å²) in [6.45, 7) is 14.3. The van der Waals surface area contributed by atoms with E-state index in [0.29, 0.717) is 0 Å². The molecule has 0 amide bonds. The first-order valence-corrected chi connectivity index (χ1v) is 30.3. The molecule has 0 rings (SSSR count). The van der Waals surface area contributed by atoms with Crippen LogP contribution in [0.3, 0.4) is 0 Å². The number of hydrogen-bond acceptors (Lipinski definition) is 0. The fraction of sp³-hybridized carbons (Fsp3) is 1.00. The van der Waals surface area contributed by atoms with Crippen molar-refractivity contribution < 1.29 is 34.0 Å². The first kappa shape index (κ1) is 60.1. The quantitative estimate of drug-likeness (QED) is 0.0422. The lowest BCUT2D eigenvalue weighted by Crippen LogP contribution is -3.00. The van der Waals surface area contributed by atoms with Crippen molar-refractivity contribution >= 4 is 14.5 Å². The summed E-state index contributed by atoms with van der Waals surface area (Å²) in [5, 5.41) is 0. The van der Waals surface area contributed by atoms with Crippen LogP contribution in [0.1, 0.15) is 273 Å². The highest BCUT2D eigenvalue weighted by Crippen LogP contribution is 2.68. The molecule has 0 aromatic carbocycles. The average molecular weight is 929 g/mol. The molecule has 0 aliphatic carbocycles. The molecule has 0 fully saturated rings. The lowest BCUT2D eigenvalue weighted by Gasteiger charge is -2.33. The second-order valence-corrected chi connectivity index (χ2v) is 27.0. The Labute approximate surface area is 368 Å². The minimum atomic E-state index is -0.893. The molecule has 0 N–H and O–H groups in total. The van der Waals surface area contributed by atoms with Gasteiger partial charge in [-0.05, 0) is 77.0 Å². The molecule has 0 saturated heterocycles. The van der Waals surface area contributed by atoms with Gasteiger partial charge in [0, 0.05) is 14.5 Å². The monoisotopic (exact) mass is 927 g/mol. The van der Waals surface area contributed by atoms with E-state index in [2.05, 4.69) is 41.5 Å². The van der Waals surface area contributed by atoms with Crippen molar-refractivity contribution in [2.75, 3.05) is 49.3 Å². The Hall–Kier alpha value is 1.82. The zero-order chi connectivity index (χ0) is 38.1. The summed E-state index contributed by atoms with van der Waals surface area (Å²) in [6, 6.07) is 0. The smallest absolute Gasteiger partial charge is 0.0929 e. The van der Waals surface area contributed by atoms with Gasteiger partial charge in [-0.2, -0.15) is 0 Å². The van der Waals surface area contributed by atoms with E-state index in [1.807, 2.05) is 0 Å². The average Bonchev–Trinajstić information content (AvgIpc) is 3.15. The van der Waals surface area contributed by atoms with Crippen LogP contribution in [0.5, 0.6) is 0 Å². The summed E-state index contributed by atoms with van der Waals surface area (Å²) in [6.07, 6.45) is 67.1. The molecule has 330 valence electrons. The predicted molar refractivity (Wildman–Crippen MR) is 253 cm³/mol. The maximum absolute atomic E-state index is 2.38. The van der Waals surface area contributed by atoms with Gasteiger partial charge in [0.25, 0.3) is 0 Å². The summed E-state index contributed by atoms with van der Waals surface area (Å²) in [5.41, 5.74) is 0. The van der Waals surface area contributed by atoms with Crippen LogP contribution in [0.4, 0.5) is 0 Å². The topological polar surface area (TPSA) is 0 Å². The molecule has 0 spiro atoms. The first-order chi connectivity index (χ1) is 25.6. The molecule has 0 unspecified atom stereocenters. The minimum absolute atomic E-state index is 0.